The molecular formula is C10H17N7O2. The van der Waals surface area contributed by atoms with Gasteiger partial charge in [0.15, 0.2) is 11.8 Å². The zero-order valence-corrected chi connectivity index (χ0v) is 10.9. The summed E-state index contributed by atoms with van der Waals surface area (Å²) in [4.78, 5) is 15.8. The van der Waals surface area contributed by atoms with Crippen LogP contribution >= 0.6 is 0 Å². The Morgan fingerprint density at radius 3 is 3.00 bits per heavy atom. The van der Waals surface area contributed by atoms with E-state index in [0.717, 1.165) is 0 Å². The maximum Gasteiger partial charge on any atom is 0.305 e. The van der Waals surface area contributed by atoms with Crippen LogP contribution < -0.4 is 11.1 Å². The molecule has 0 aliphatic heterocycles. The Kier molecular flexibility index (Phi) is 5.45. The Morgan fingerprint density at radius 2 is 2.37 bits per heavy atom. The fraction of sp³-hybridized carbons (Fsp3) is 0.500. The van der Waals surface area contributed by atoms with Gasteiger partial charge in [-0.25, -0.2) is 0 Å². The number of nitrogens with one attached hydrogen (secondary N) is 2. The number of carbonyl (C=O) groups is 1. The van der Waals surface area contributed by atoms with Crippen LogP contribution in [0.15, 0.2) is 11.2 Å². The highest BCUT2D eigenvalue weighted by Gasteiger charge is 2.07. The van der Waals surface area contributed by atoms with Crippen LogP contribution in [0.25, 0.3) is 0 Å². The molecule has 0 fully saturated rings. The van der Waals surface area contributed by atoms with Gasteiger partial charge in [0.2, 0.25) is 0 Å². The molecule has 4 N–H and O–H groups in total. The van der Waals surface area contributed by atoms with Crippen LogP contribution in [0.2, 0.25) is 0 Å². The minimum absolute atomic E-state index is 0.184. The van der Waals surface area contributed by atoms with E-state index in [9.17, 15) is 4.79 Å². The summed E-state index contributed by atoms with van der Waals surface area (Å²) in [6.45, 7) is 0. The maximum absolute atomic E-state index is 10.9. The predicted octanol–water partition coefficient (Wildman–Crippen LogP) is -0.197. The highest BCUT2D eigenvalue weighted by atomic mass is 16.5. The molecule has 0 aliphatic carbocycles. The van der Waals surface area contributed by atoms with Gasteiger partial charge in [-0.3, -0.25) is 15.2 Å². The molecule has 1 aromatic rings. The molecule has 9 heteroatoms. The third kappa shape index (κ3) is 4.74. The van der Waals surface area contributed by atoms with Crippen molar-refractivity contribution in [2.45, 2.75) is 19.3 Å². The van der Waals surface area contributed by atoms with Crippen molar-refractivity contribution in [3.05, 3.63) is 6.20 Å². The van der Waals surface area contributed by atoms with E-state index in [1.165, 1.54) is 18.1 Å². The number of hydrogen-bond donors (Lipinski definition) is 3. The summed E-state index contributed by atoms with van der Waals surface area (Å²) in [6.07, 6.45) is 2.59. The number of anilines is 1. The normalized spacial score (nSPS) is 11.2. The number of guanidine groups is 1. The second-order valence-electron chi connectivity index (χ2n) is 3.63. The minimum atomic E-state index is -0.296. The molecule has 0 bridgehead atoms. The first-order valence-corrected chi connectivity index (χ1v) is 5.63. The lowest BCUT2D eigenvalue weighted by atomic mass is 10.2. The fourth-order valence-electron chi connectivity index (χ4n) is 1.24. The molecule has 0 saturated heterocycles. The quantitative estimate of drug-likeness (QED) is 0.384. The van der Waals surface area contributed by atoms with Gasteiger partial charge in [-0.15, -0.1) is 9.90 Å². The Morgan fingerprint density at radius 1 is 1.63 bits per heavy atom. The second-order valence-corrected chi connectivity index (χ2v) is 3.63. The Balaban J connectivity index is 2.47. The van der Waals surface area contributed by atoms with E-state index >= 15 is 0 Å². The van der Waals surface area contributed by atoms with Gasteiger partial charge in [-0.2, -0.15) is 5.10 Å². The first-order valence-electron chi connectivity index (χ1n) is 5.63. The molecule has 1 rings (SSSR count). The molecule has 0 unspecified atom stereocenters. The summed E-state index contributed by atoms with van der Waals surface area (Å²) < 4.78 is 4.51. The summed E-state index contributed by atoms with van der Waals surface area (Å²) in [6, 6.07) is 0. The van der Waals surface area contributed by atoms with E-state index in [4.69, 9.17) is 11.1 Å². The lowest BCUT2D eigenvalue weighted by molar-refractivity contribution is -0.140. The number of carbonyl (C=O) groups excluding carboxylic acids is 1. The fourth-order valence-corrected chi connectivity index (χ4v) is 1.24. The van der Waals surface area contributed by atoms with Crippen LogP contribution in [0.5, 0.6) is 0 Å². The number of aromatic nitrogens is 3. The van der Waals surface area contributed by atoms with Gasteiger partial charge in [0, 0.05) is 19.9 Å². The van der Waals surface area contributed by atoms with Crippen LogP contribution in [0.4, 0.5) is 5.82 Å². The Bertz CT molecular complexity index is 480. The topological polar surface area (TPSA) is 131 Å². The van der Waals surface area contributed by atoms with Crippen molar-refractivity contribution in [1.29, 1.82) is 5.41 Å². The lowest BCUT2D eigenvalue weighted by Gasteiger charge is -2.02. The van der Waals surface area contributed by atoms with Gasteiger partial charge in [-0.05, 0) is 6.42 Å². The van der Waals surface area contributed by atoms with E-state index < -0.39 is 0 Å². The number of nitrogens with two attached hydrogens (primary N) is 1. The summed E-state index contributed by atoms with van der Waals surface area (Å²) in [5.74, 6) is 0.504. The smallest absolute Gasteiger partial charge is 0.305 e. The van der Waals surface area contributed by atoms with Gasteiger partial charge in [0.1, 0.15) is 5.84 Å². The third-order valence-electron chi connectivity index (χ3n) is 2.25. The molecular weight excluding hydrogens is 250 g/mol. The molecule has 0 aromatic carbocycles. The Labute approximate surface area is 110 Å². The van der Waals surface area contributed by atoms with Crippen molar-refractivity contribution in [1.82, 2.24) is 15.0 Å². The number of aliphatic imine (C=N–C) groups is 1. The first-order chi connectivity index (χ1) is 9.06. The molecule has 0 saturated carbocycles. The van der Waals surface area contributed by atoms with Gasteiger partial charge < -0.3 is 15.8 Å². The predicted molar refractivity (Wildman–Crippen MR) is 70.2 cm³/mol. The first kappa shape index (κ1) is 14.6. The molecule has 0 radical (unpaired) electrons. The number of hydrogen-bond acceptors (Lipinski definition) is 6. The van der Waals surface area contributed by atoms with Crippen molar-refractivity contribution in [3.63, 3.8) is 0 Å². The van der Waals surface area contributed by atoms with Gasteiger partial charge in [0.25, 0.3) is 0 Å². The van der Waals surface area contributed by atoms with E-state index in [1.54, 1.807) is 7.05 Å². The average molecular weight is 267 g/mol. The molecule has 104 valence electrons. The van der Waals surface area contributed by atoms with Crippen LogP contribution in [0.1, 0.15) is 19.3 Å². The zero-order chi connectivity index (χ0) is 14.3. The molecule has 0 spiro atoms. The van der Waals surface area contributed by atoms with E-state index in [1.807, 2.05) is 0 Å². The average Bonchev–Trinajstić information content (AvgIpc) is 2.86. The highest BCUT2D eigenvalue weighted by Crippen LogP contribution is 2.02. The molecule has 1 heterocycles. The maximum atomic E-state index is 10.9. The van der Waals surface area contributed by atoms with E-state index in [2.05, 4.69) is 25.2 Å². The van der Waals surface area contributed by atoms with Crippen molar-refractivity contribution in [2.75, 3.05) is 19.5 Å². The van der Waals surface area contributed by atoms with Crippen LogP contribution in [0, 0.1) is 5.41 Å². The van der Waals surface area contributed by atoms with Gasteiger partial charge in [0.05, 0.1) is 13.3 Å². The summed E-state index contributed by atoms with van der Waals surface area (Å²) in [5.41, 5.74) is 5.48. The number of ether oxygens (including phenoxy) is 1. The second kappa shape index (κ2) is 7.09. The van der Waals surface area contributed by atoms with E-state index in [-0.39, 0.29) is 24.2 Å². The minimum Gasteiger partial charge on any atom is -0.469 e. The largest absolute Gasteiger partial charge is 0.469 e. The van der Waals surface area contributed by atoms with E-state index in [0.29, 0.717) is 18.7 Å². The number of esters is 1. The zero-order valence-electron chi connectivity index (χ0n) is 10.9. The number of methoxy groups -OCH3 is 1. The summed E-state index contributed by atoms with van der Waals surface area (Å²) in [7, 11) is 2.88. The van der Waals surface area contributed by atoms with Crippen LogP contribution in [-0.2, 0) is 9.53 Å². The lowest BCUT2D eigenvalue weighted by Crippen LogP contribution is -2.22. The number of nitrogens with zero attached hydrogens (tertiary/aromatic N) is 4. The highest BCUT2D eigenvalue weighted by molar-refractivity contribution is 5.91. The molecule has 0 atom stereocenters. The van der Waals surface area contributed by atoms with Crippen LogP contribution in [0.3, 0.4) is 0 Å². The standard InChI is InChI=1S/C10H17N7O2/c1-13-10(12)15-8-6-14-17(16-8)7(11)4-3-5-9(18)19-2/h6,11H,3-5H2,1-2H3,(H3,12,13,15,16). The molecule has 9 nitrogen and oxygen atoms in total. The van der Waals surface area contributed by atoms with Crippen molar-refractivity contribution in [2.24, 2.45) is 10.7 Å². The Hall–Kier alpha value is -2.45. The summed E-state index contributed by atoms with van der Waals surface area (Å²) in [5, 5.41) is 18.4. The molecule has 19 heavy (non-hydrogen) atoms. The monoisotopic (exact) mass is 267 g/mol. The van der Waals surface area contributed by atoms with Gasteiger partial charge in [-0.1, -0.05) is 0 Å². The van der Waals surface area contributed by atoms with Gasteiger partial charge >= 0.3 is 5.97 Å². The van der Waals surface area contributed by atoms with Crippen molar-refractivity contribution in [3.8, 4) is 0 Å². The third-order valence-corrected chi connectivity index (χ3v) is 2.25. The molecule has 0 aliphatic rings. The number of rotatable bonds is 5. The van der Waals surface area contributed by atoms with Crippen LogP contribution in [-0.4, -0.2) is 46.9 Å². The SMILES string of the molecule is CN=C(N)Nc1cnn(C(=N)CCCC(=O)OC)n1. The molecule has 0 amide bonds. The summed E-state index contributed by atoms with van der Waals surface area (Å²) >= 11 is 0. The van der Waals surface area contributed by atoms with Crippen molar-refractivity contribution < 1.29 is 9.53 Å². The molecule has 1 aromatic heterocycles. The van der Waals surface area contributed by atoms with Crippen molar-refractivity contribution >= 4 is 23.6 Å².